The summed E-state index contributed by atoms with van der Waals surface area (Å²) in [7, 11) is 0. The standard InChI is InChI=1S/C15H23N5/c1-11(2)9-16-10-15-17-18-19-20(15)14-7-5-6-13(8-14)12(3)4/h5-8,11-12,16H,9-10H2,1-4H3. The molecule has 2 aromatic rings. The number of aromatic nitrogens is 4. The molecule has 0 amide bonds. The van der Waals surface area contributed by atoms with Gasteiger partial charge in [0, 0.05) is 0 Å². The first-order valence-electron chi connectivity index (χ1n) is 7.16. The van der Waals surface area contributed by atoms with Crippen molar-refractivity contribution in [1.29, 1.82) is 0 Å². The highest BCUT2D eigenvalue weighted by Crippen LogP contribution is 2.18. The molecule has 0 saturated carbocycles. The Bertz CT molecular complexity index is 545. The smallest absolute Gasteiger partial charge is 0.170 e. The molecule has 0 aliphatic rings. The number of benzene rings is 1. The zero-order valence-electron chi connectivity index (χ0n) is 12.7. The molecule has 0 spiro atoms. The maximum atomic E-state index is 4.10. The van der Waals surface area contributed by atoms with Crippen molar-refractivity contribution in [3.63, 3.8) is 0 Å². The third kappa shape index (κ3) is 3.63. The van der Waals surface area contributed by atoms with Crippen molar-refractivity contribution < 1.29 is 0 Å². The summed E-state index contributed by atoms with van der Waals surface area (Å²) in [5.74, 6) is 1.95. The van der Waals surface area contributed by atoms with Gasteiger partial charge in [0.2, 0.25) is 0 Å². The summed E-state index contributed by atoms with van der Waals surface area (Å²) in [6.45, 7) is 10.4. The van der Waals surface area contributed by atoms with Crippen LogP contribution in [0.25, 0.3) is 5.69 Å². The van der Waals surface area contributed by atoms with Crippen LogP contribution < -0.4 is 5.32 Å². The topological polar surface area (TPSA) is 55.6 Å². The summed E-state index contributed by atoms with van der Waals surface area (Å²) in [6, 6.07) is 8.37. The fourth-order valence-electron chi connectivity index (χ4n) is 2.00. The summed E-state index contributed by atoms with van der Waals surface area (Å²) in [5, 5.41) is 15.4. The Morgan fingerprint density at radius 1 is 1.20 bits per heavy atom. The first-order chi connectivity index (χ1) is 9.58. The van der Waals surface area contributed by atoms with Crippen molar-refractivity contribution in [3.8, 4) is 5.69 Å². The zero-order valence-corrected chi connectivity index (χ0v) is 12.7. The molecule has 5 nitrogen and oxygen atoms in total. The lowest BCUT2D eigenvalue weighted by Crippen LogP contribution is -2.21. The molecule has 1 aromatic carbocycles. The van der Waals surface area contributed by atoms with Crippen molar-refractivity contribution in [2.24, 2.45) is 5.92 Å². The van der Waals surface area contributed by atoms with E-state index in [0.29, 0.717) is 18.4 Å². The minimum absolute atomic E-state index is 0.494. The molecule has 0 unspecified atom stereocenters. The molecule has 20 heavy (non-hydrogen) atoms. The molecule has 0 aliphatic carbocycles. The van der Waals surface area contributed by atoms with E-state index in [-0.39, 0.29) is 0 Å². The molecule has 0 radical (unpaired) electrons. The van der Waals surface area contributed by atoms with Gasteiger partial charge in [-0.3, -0.25) is 0 Å². The molecule has 0 atom stereocenters. The van der Waals surface area contributed by atoms with Crippen LogP contribution in [0.3, 0.4) is 0 Å². The van der Waals surface area contributed by atoms with E-state index in [1.54, 1.807) is 4.68 Å². The highest BCUT2D eigenvalue weighted by Gasteiger charge is 2.09. The predicted molar refractivity (Wildman–Crippen MR) is 79.8 cm³/mol. The van der Waals surface area contributed by atoms with Crippen molar-refractivity contribution >= 4 is 0 Å². The fourth-order valence-corrected chi connectivity index (χ4v) is 2.00. The molecule has 1 N–H and O–H groups in total. The summed E-state index contributed by atoms with van der Waals surface area (Å²) in [5.41, 5.74) is 2.31. The second kappa shape index (κ2) is 6.61. The van der Waals surface area contributed by atoms with Gasteiger partial charge in [-0.25, -0.2) is 0 Å². The Labute approximate surface area is 120 Å². The van der Waals surface area contributed by atoms with E-state index < -0.39 is 0 Å². The highest BCUT2D eigenvalue weighted by atomic mass is 15.5. The van der Waals surface area contributed by atoms with E-state index in [1.165, 1.54) is 5.56 Å². The molecule has 1 heterocycles. The fraction of sp³-hybridized carbons (Fsp3) is 0.533. The van der Waals surface area contributed by atoms with Crippen LogP contribution in [-0.4, -0.2) is 26.8 Å². The van der Waals surface area contributed by atoms with Gasteiger partial charge in [-0.05, 0) is 46.5 Å². The highest BCUT2D eigenvalue weighted by molar-refractivity contribution is 5.36. The minimum Gasteiger partial charge on any atom is -0.310 e. The normalized spacial score (nSPS) is 11.5. The van der Waals surface area contributed by atoms with Crippen molar-refractivity contribution in [1.82, 2.24) is 25.5 Å². The number of tetrazole rings is 1. The SMILES string of the molecule is CC(C)CNCc1nnnn1-c1cccc(C(C)C)c1. The summed E-state index contributed by atoms with van der Waals surface area (Å²) >= 11 is 0. The van der Waals surface area contributed by atoms with E-state index in [4.69, 9.17) is 0 Å². The molecule has 5 heteroatoms. The van der Waals surface area contributed by atoms with Crippen LogP contribution in [0.2, 0.25) is 0 Å². The summed E-state index contributed by atoms with van der Waals surface area (Å²) < 4.78 is 1.80. The second-order valence-corrected chi connectivity index (χ2v) is 5.78. The van der Waals surface area contributed by atoms with Crippen molar-refractivity contribution in [2.45, 2.75) is 40.2 Å². The van der Waals surface area contributed by atoms with Gasteiger partial charge in [0.25, 0.3) is 0 Å². The molecule has 1 aromatic heterocycles. The van der Waals surface area contributed by atoms with Gasteiger partial charge < -0.3 is 5.32 Å². The Kier molecular flexibility index (Phi) is 4.84. The van der Waals surface area contributed by atoms with Gasteiger partial charge in [-0.15, -0.1) is 5.10 Å². The van der Waals surface area contributed by atoms with Crippen LogP contribution in [0.5, 0.6) is 0 Å². The van der Waals surface area contributed by atoms with E-state index in [0.717, 1.165) is 18.1 Å². The Hall–Kier alpha value is -1.75. The number of nitrogens with zero attached hydrogens (tertiary/aromatic N) is 4. The van der Waals surface area contributed by atoms with Gasteiger partial charge in [0.1, 0.15) is 0 Å². The third-order valence-electron chi connectivity index (χ3n) is 3.15. The zero-order chi connectivity index (χ0) is 14.5. The number of nitrogens with one attached hydrogen (secondary N) is 1. The predicted octanol–water partition coefficient (Wildman–Crippen LogP) is 2.53. The number of hydrogen-bond acceptors (Lipinski definition) is 4. The first-order valence-corrected chi connectivity index (χ1v) is 7.16. The summed E-state index contributed by atoms with van der Waals surface area (Å²) in [6.07, 6.45) is 0. The molecule has 2 rings (SSSR count). The largest absolute Gasteiger partial charge is 0.310 e. The number of hydrogen-bond donors (Lipinski definition) is 1. The average Bonchev–Trinajstić information content (AvgIpc) is 2.87. The Morgan fingerprint density at radius 2 is 2.00 bits per heavy atom. The van der Waals surface area contributed by atoms with Crippen LogP contribution in [0.15, 0.2) is 24.3 Å². The second-order valence-electron chi connectivity index (χ2n) is 5.78. The van der Waals surface area contributed by atoms with Crippen molar-refractivity contribution in [3.05, 3.63) is 35.7 Å². The van der Waals surface area contributed by atoms with E-state index in [1.807, 2.05) is 6.07 Å². The Balaban J connectivity index is 2.17. The third-order valence-corrected chi connectivity index (χ3v) is 3.15. The van der Waals surface area contributed by atoms with Gasteiger partial charge in [-0.2, -0.15) is 4.68 Å². The van der Waals surface area contributed by atoms with Crippen LogP contribution in [-0.2, 0) is 6.54 Å². The molecule has 0 bridgehead atoms. The molecule has 0 fully saturated rings. The summed E-state index contributed by atoms with van der Waals surface area (Å²) in [4.78, 5) is 0. The molecule has 0 aliphatic heterocycles. The maximum Gasteiger partial charge on any atom is 0.170 e. The molecule has 108 valence electrons. The average molecular weight is 273 g/mol. The first kappa shape index (κ1) is 14.7. The van der Waals surface area contributed by atoms with E-state index in [2.05, 4.69) is 66.7 Å². The molecular weight excluding hydrogens is 250 g/mol. The van der Waals surface area contributed by atoms with Crippen LogP contribution in [0.1, 0.15) is 45.0 Å². The molecular formula is C15H23N5. The Morgan fingerprint density at radius 3 is 2.70 bits per heavy atom. The lowest BCUT2D eigenvalue weighted by Gasteiger charge is -2.10. The van der Waals surface area contributed by atoms with Gasteiger partial charge in [0.15, 0.2) is 5.82 Å². The van der Waals surface area contributed by atoms with Crippen LogP contribution in [0.4, 0.5) is 0 Å². The molecule has 0 saturated heterocycles. The monoisotopic (exact) mass is 273 g/mol. The van der Waals surface area contributed by atoms with E-state index in [9.17, 15) is 0 Å². The lowest BCUT2D eigenvalue weighted by molar-refractivity contribution is 0.537. The van der Waals surface area contributed by atoms with Gasteiger partial charge in [0.05, 0.1) is 12.2 Å². The van der Waals surface area contributed by atoms with Gasteiger partial charge in [-0.1, -0.05) is 39.8 Å². The van der Waals surface area contributed by atoms with Crippen LogP contribution in [0, 0.1) is 5.92 Å². The lowest BCUT2D eigenvalue weighted by atomic mass is 10.0. The minimum atomic E-state index is 0.494. The maximum absolute atomic E-state index is 4.10. The van der Waals surface area contributed by atoms with Crippen molar-refractivity contribution in [2.75, 3.05) is 6.54 Å². The quantitative estimate of drug-likeness (QED) is 0.878. The number of rotatable bonds is 6. The van der Waals surface area contributed by atoms with Crippen LogP contribution >= 0.6 is 0 Å². The van der Waals surface area contributed by atoms with Gasteiger partial charge >= 0.3 is 0 Å². The van der Waals surface area contributed by atoms with E-state index >= 15 is 0 Å².